The van der Waals surface area contributed by atoms with Crippen LogP contribution in [0.15, 0.2) is 18.6 Å². The fraction of sp³-hybridized carbons (Fsp3) is 0.167. The first-order valence-electron chi connectivity index (χ1n) is 3.24. The molecule has 0 saturated carbocycles. The van der Waals surface area contributed by atoms with Gasteiger partial charge in [-0.05, 0) is 6.07 Å². The lowest BCUT2D eigenvalue weighted by atomic mass is 10.6. The van der Waals surface area contributed by atoms with Crippen molar-refractivity contribution in [2.45, 2.75) is 0 Å². The molecule has 5 nitrogen and oxygen atoms in total. The lowest BCUT2D eigenvalue weighted by molar-refractivity contribution is 0.943. The van der Waals surface area contributed by atoms with Gasteiger partial charge in [-0.3, -0.25) is 0 Å². The highest BCUT2D eigenvalue weighted by molar-refractivity contribution is 5.41. The van der Waals surface area contributed by atoms with Crippen LogP contribution in [0, 0.1) is 0 Å². The van der Waals surface area contributed by atoms with Crippen LogP contribution >= 0.6 is 0 Å². The van der Waals surface area contributed by atoms with Gasteiger partial charge in [0.05, 0.1) is 0 Å². The summed E-state index contributed by atoms with van der Waals surface area (Å²) in [6.07, 6.45) is 3.17. The maximum Gasteiger partial charge on any atom is 0.254 e. The number of nitrogens with zero attached hydrogens (tertiary/aromatic N) is 4. The number of hydrogen-bond acceptors (Lipinski definition) is 4. The highest BCUT2D eigenvalue weighted by Crippen LogP contribution is 2.03. The predicted octanol–water partition coefficient (Wildman–Crippen LogP) is 0.166. The van der Waals surface area contributed by atoms with Crippen LogP contribution in [0.5, 0.6) is 0 Å². The third-order valence-corrected chi connectivity index (χ3v) is 1.44. The van der Waals surface area contributed by atoms with Gasteiger partial charge in [0.25, 0.3) is 5.78 Å². The monoisotopic (exact) mass is 149 g/mol. The van der Waals surface area contributed by atoms with Crippen molar-refractivity contribution in [2.24, 2.45) is 0 Å². The van der Waals surface area contributed by atoms with E-state index in [4.69, 9.17) is 0 Å². The van der Waals surface area contributed by atoms with E-state index in [-0.39, 0.29) is 0 Å². The van der Waals surface area contributed by atoms with E-state index in [2.05, 4.69) is 20.4 Å². The summed E-state index contributed by atoms with van der Waals surface area (Å²) in [5, 5.41) is 6.95. The zero-order valence-electron chi connectivity index (χ0n) is 6.02. The first-order valence-corrected chi connectivity index (χ1v) is 3.24. The number of anilines is 1. The molecule has 2 rings (SSSR count). The number of aromatic nitrogens is 4. The van der Waals surface area contributed by atoms with Crippen LogP contribution in [0.3, 0.4) is 0 Å². The second-order valence-corrected chi connectivity index (χ2v) is 2.05. The number of rotatable bonds is 1. The quantitative estimate of drug-likeness (QED) is 0.627. The molecule has 0 saturated heterocycles. The van der Waals surface area contributed by atoms with E-state index in [9.17, 15) is 0 Å². The van der Waals surface area contributed by atoms with Crippen LogP contribution < -0.4 is 5.32 Å². The van der Waals surface area contributed by atoms with E-state index in [0.717, 1.165) is 5.82 Å². The zero-order valence-corrected chi connectivity index (χ0v) is 6.02. The van der Waals surface area contributed by atoms with Crippen LogP contribution in [0.25, 0.3) is 5.78 Å². The molecule has 0 aromatic carbocycles. The van der Waals surface area contributed by atoms with E-state index in [0.29, 0.717) is 5.78 Å². The Bertz CT molecular complexity index is 366. The van der Waals surface area contributed by atoms with Crippen LogP contribution in [0.1, 0.15) is 0 Å². The Balaban J connectivity index is 2.79. The molecule has 5 heteroatoms. The summed E-state index contributed by atoms with van der Waals surface area (Å²) in [4.78, 5) is 7.93. The van der Waals surface area contributed by atoms with Gasteiger partial charge >= 0.3 is 0 Å². The molecule has 0 radical (unpaired) electrons. The largest absolute Gasteiger partial charge is 0.373 e. The Labute approximate surface area is 63.1 Å². The molecule has 0 atom stereocenters. The summed E-state index contributed by atoms with van der Waals surface area (Å²) in [7, 11) is 1.83. The molecule has 0 aliphatic carbocycles. The van der Waals surface area contributed by atoms with E-state index >= 15 is 0 Å². The van der Waals surface area contributed by atoms with Crippen LogP contribution in [0.2, 0.25) is 0 Å². The summed E-state index contributed by atoms with van der Waals surface area (Å²) < 4.78 is 1.64. The Morgan fingerprint density at radius 1 is 1.45 bits per heavy atom. The molecule has 0 spiro atoms. The molecular formula is C6H7N5. The maximum absolute atomic E-state index is 4.00. The molecule has 56 valence electrons. The average Bonchev–Trinajstić information content (AvgIpc) is 2.50. The summed E-state index contributed by atoms with van der Waals surface area (Å²) >= 11 is 0. The Hall–Kier alpha value is -1.65. The van der Waals surface area contributed by atoms with Gasteiger partial charge in [-0.2, -0.15) is 14.6 Å². The topological polar surface area (TPSA) is 55.1 Å². The first kappa shape index (κ1) is 6.09. The summed E-state index contributed by atoms with van der Waals surface area (Å²) in [5.74, 6) is 1.49. The molecule has 0 bridgehead atoms. The Kier molecular flexibility index (Phi) is 1.21. The Morgan fingerprint density at radius 3 is 3.18 bits per heavy atom. The van der Waals surface area contributed by atoms with Gasteiger partial charge in [-0.15, -0.1) is 0 Å². The second-order valence-electron chi connectivity index (χ2n) is 2.05. The molecule has 0 fully saturated rings. The summed E-state index contributed by atoms with van der Waals surface area (Å²) in [6, 6.07) is 1.84. The minimum atomic E-state index is 0.608. The van der Waals surface area contributed by atoms with Crippen LogP contribution in [-0.2, 0) is 0 Å². The molecule has 0 aliphatic rings. The fourth-order valence-electron chi connectivity index (χ4n) is 0.928. The Morgan fingerprint density at radius 2 is 2.36 bits per heavy atom. The molecule has 1 N–H and O–H groups in total. The van der Waals surface area contributed by atoms with E-state index in [1.165, 1.54) is 6.33 Å². The standard InChI is InChI=1S/C6H7N5/c1-7-5-2-3-8-6-9-4-10-11(5)6/h2-4,7H,1H3. The van der Waals surface area contributed by atoms with Gasteiger partial charge < -0.3 is 5.32 Å². The smallest absolute Gasteiger partial charge is 0.254 e. The minimum Gasteiger partial charge on any atom is -0.373 e. The lowest BCUT2D eigenvalue weighted by Gasteiger charge is -1.99. The van der Waals surface area contributed by atoms with Crippen molar-refractivity contribution in [1.29, 1.82) is 0 Å². The third kappa shape index (κ3) is 0.813. The second kappa shape index (κ2) is 2.19. The van der Waals surface area contributed by atoms with Crippen LogP contribution in [-0.4, -0.2) is 26.6 Å². The molecule has 2 aromatic rings. The normalized spacial score (nSPS) is 10.3. The predicted molar refractivity (Wildman–Crippen MR) is 40.3 cm³/mol. The van der Waals surface area contributed by atoms with Crippen molar-refractivity contribution in [3.8, 4) is 0 Å². The molecule has 2 aromatic heterocycles. The van der Waals surface area contributed by atoms with Crippen LogP contribution in [0.4, 0.5) is 5.82 Å². The lowest BCUT2D eigenvalue weighted by Crippen LogP contribution is -1.99. The summed E-state index contributed by atoms with van der Waals surface area (Å²) in [5.41, 5.74) is 0. The third-order valence-electron chi connectivity index (χ3n) is 1.44. The molecule has 0 amide bonds. The zero-order chi connectivity index (χ0) is 7.68. The number of nitrogens with one attached hydrogen (secondary N) is 1. The van der Waals surface area contributed by atoms with E-state index in [1.54, 1.807) is 10.7 Å². The van der Waals surface area contributed by atoms with Gasteiger partial charge in [0.2, 0.25) is 0 Å². The highest BCUT2D eigenvalue weighted by atomic mass is 15.3. The van der Waals surface area contributed by atoms with Crippen molar-refractivity contribution in [1.82, 2.24) is 19.6 Å². The van der Waals surface area contributed by atoms with Gasteiger partial charge in [-0.25, -0.2) is 4.98 Å². The van der Waals surface area contributed by atoms with Crippen molar-refractivity contribution in [3.05, 3.63) is 18.6 Å². The van der Waals surface area contributed by atoms with E-state index < -0.39 is 0 Å². The molecule has 0 unspecified atom stereocenters. The number of hydrogen-bond donors (Lipinski definition) is 1. The minimum absolute atomic E-state index is 0.608. The molecule has 11 heavy (non-hydrogen) atoms. The molecular weight excluding hydrogens is 142 g/mol. The van der Waals surface area contributed by atoms with Gasteiger partial charge in [0, 0.05) is 13.2 Å². The maximum atomic E-state index is 4.00. The first-order chi connectivity index (χ1) is 5.42. The van der Waals surface area contributed by atoms with E-state index in [1.807, 2.05) is 13.1 Å². The van der Waals surface area contributed by atoms with Crippen molar-refractivity contribution in [3.63, 3.8) is 0 Å². The molecule has 0 aliphatic heterocycles. The van der Waals surface area contributed by atoms with Gasteiger partial charge in [-0.1, -0.05) is 0 Å². The number of fused-ring (bicyclic) bond motifs is 1. The average molecular weight is 149 g/mol. The molecule has 2 heterocycles. The van der Waals surface area contributed by atoms with Crippen molar-refractivity contribution in [2.75, 3.05) is 12.4 Å². The highest BCUT2D eigenvalue weighted by Gasteiger charge is 1.98. The SMILES string of the molecule is CNc1ccnc2ncnn12. The summed E-state index contributed by atoms with van der Waals surface area (Å²) in [6.45, 7) is 0. The van der Waals surface area contributed by atoms with Crippen molar-refractivity contribution < 1.29 is 0 Å². The van der Waals surface area contributed by atoms with Gasteiger partial charge in [0.1, 0.15) is 12.1 Å². The fourth-order valence-corrected chi connectivity index (χ4v) is 0.928. The van der Waals surface area contributed by atoms with Crippen molar-refractivity contribution >= 4 is 11.6 Å². The van der Waals surface area contributed by atoms with Gasteiger partial charge in [0.15, 0.2) is 0 Å².